The van der Waals surface area contributed by atoms with Gasteiger partial charge in [-0.3, -0.25) is 0 Å². The Hall–Kier alpha value is -2.44. The number of fused-ring (bicyclic) bond motifs is 1. The SMILES string of the molecule is COc1cc(CNc2ccc(Cl)cc2)cc(I)c1OCc1cccc2ccccc12. The van der Waals surface area contributed by atoms with Gasteiger partial charge >= 0.3 is 0 Å². The standard InChI is InChI=1S/C25H21ClINO2/c1-29-24-14-17(15-28-21-11-9-20(26)10-12-21)13-23(27)25(24)30-16-19-7-4-6-18-5-2-3-8-22(18)19/h2-14,28H,15-16H2,1H3. The van der Waals surface area contributed by atoms with Crippen LogP contribution in [0.25, 0.3) is 10.8 Å². The summed E-state index contributed by atoms with van der Waals surface area (Å²) < 4.78 is 12.9. The molecule has 0 radical (unpaired) electrons. The van der Waals surface area contributed by atoms with Gasteiger partial charge in [-0.15, -0.1) is 0 Å². The Morgan fingerprint density at radius 2 is 1.70 bits per heavy atom. The predicted octanol–water partition coefficient (Wildman–Crippen LogP) is 7.30. The van der Waals surface area contributed by atoms with Gasteiger partial charge in [0, 0.05) is 17.3 Å². The smallest absolute Gasteiger partial charge is 0.174 e. The lowest BCUT2D eigenvalue weighted by molar-refractivity contribution is 0.283. The zero-order valence-electron chi connectivity index (χ0n) is 16.5. The Morgan fingerprint density at radius 1 is 0.933 bits per heavy atom. The van der Waals surface area contributed by atoms with Gasteiger partial charge in [0.1, 0.15) is 6.61 Å². The lowest BCUT2D eigenvalue weighted by atomic mass is 10.1. The summed E-state index contributed by atoms with van der Waals surface area (Å²) in [6.07, 6.45) is 0. The molecule has 0 heterocycles. The van der Waals surface area contributed by atoms with E-state index in [1.165, 1.54) is 10.8 Å². The Balaban J connectivity index is 1.51. The minimum atomic E-state index is 0.482. The van der Waals surface area contributed by atoms with Crippen molar-refractivity contribution in [3.05, 3.63) is 98.6 Å². The highest BCUT2D eigenvalue weighted by Crippen LogP contribution is 2.35. The molecule has 0 fully saturated rings. The van der Waals surface area contributed by atoms with Crippen LogP contribution in [0.1, 0.15) is 11.1 Å². The number of methoxy groups -OCH3 is 1. The fourth-order valence-electron chi connectivity index (χ4n) is 3.36. The van der Waals surface area contributed by atoms with Crippen molar-refractivity contribution in [2.24, 2.45) is 0 Å². The molecule has 4 aromatic carbocycles. The number of nitrogens with one attached hydrogen (secondary N) is 1. The third-order valence-electron chi connectivity index (χ3n) is 4.88. The first-order chi connectivity index (χ1) is 14.6. The summed E-state index contributed by atoms with van der Waals surface area (Å²) in [5.41, 5.74) is 3.29. The second-order valence-electron chi connectivity index (χ2n) is 6.90. The average Bonchev–Trinajstić information content (AvgIpc) is 2.77. The van der Waals surface area contributed by atoms with Crippen LogP contribution in [0.15, 0.2) is 78.9 Å². The molecule has 0 aromatic heterocycles. The van der Waals surface area contributed by atoms with Crippen LogP contribution in [0.4, 0.5) is 5.69 Å². The number of hydrogen-bond donors (Lipinski definition) is 1. The van der Waals surface area contributed by atoms with E-state index in [2.05, 4.69) is 76.4 Å². The molecule has 0 saturated carbocycles. The molecular formula is C25H21ClINO2. The molecule has 4 aromatic rings. The third kappa shape index (κ3) is 4.82. The van der Waals surface area contributed by atoms with Crippen molar-refractivity contribution in [3.8, 4) is 11.5 Å². The number of anilines is 1. The molecule has 0 spiro atoms. The van der Waals surface area contributed by atoms with Crippen LogP contribution in [0.5, 0.6) is 11.5 Å². The van der Waals surface area contributed by atoms with Gasteiger partial charge < -0.3 is 14.8 Å². The van der Waals surface area contributed by atoms with Crippen LogP contribution in [0.3, 0.4) is 0 Å². The number of rotatable bonds is 7. The first kappa shape index (κ1) is 20.8. The number of benzene rings is 4. The Labute approximate surface area is 195 Å². The monoisotopic (exact) mass is 529 g/mol. The van der Waals surface area contributed by atoms with Crippen molar-refractivity contribution < 1.29 is 9.47 Å². The topological polar surface area (TPSA) is 30.5 Å². The van der Waals surface area contributed by atoms with Crippen LogP contribution in [-0.4, -0.2) is 7.11 Å². The fourth-order valence-corrected chi connectivity index (χ4v) is 4.30. The second kappa shape index (κ2) is 9.58. The molecule has 0 bridgehead atoms. The minimum absolute atomic E-state index is 0.482. The largest absolute Gasteiger partial charge is 0.493 e. The molecule has 30 heavy (non-hydrogen) atoms. The van der Waals surface area contributed by atoms with E-state index in [9.17, 15) is 0 Å². The van der Waals surface area contributed by atoms with E-state index in [4.69, 9.17) is 21.1 Å². The zero-order chi connectivity index (χ0) is 20.9. The molecule has 0 aliphatic heterocycles. The fraction of sp³-hybridized carbons (Fsp3) is 0.120. The molecule has 4 rings (SSSR count). The highest BCUT2D eigenvalue weighted by molar-refractivity contribution is 14.1. The van der Waals surface area contributed by atoms with E-state index in [-0.39, 0.29) is 0 Å². The highest BCUT2D eigenvalue weighted by Gasteiger charge is 2.13. The molecule has 0 atom stereocenters. The zero-order valence-corrected chi connectivity index (χ0v) is 19.4. The number of halogens is 2. The van der Waals surface area contributed by atoms with Crippen molar-refractivity contribution in [2.75, 3.05) is 12.4 Å². The van der Waals surface area contributed by atoms with Gasteiger partial charge in [-0.1, -0.05) is 54.1 Å². The van der Waals surface area contributed by atoms with E-state index < -0.39 is 0 Å². The van der Waals surface area contributed by atoms with Crippen LogP contribution >= 0.6 is 34.2 Å². The van der Waals surface area contributed by atoms with Crippen molar-refractivity contribution >= 4 is 50.7 Å². The second-order valence-corrected chi connectivity index (χ2v) is 8.50. The first-order valence-corrected chi connectivity index (χ1v) is 11.0. The predicted molar refractivity (Wildman–Crippen MR) is 133 cm³/mol. The summed E-state index contributed by atoms with van der Waals surface area (Å²) >= 11 is 8.26. The molecule has 0 unspecified atom stereocenters. The van der Waals surface area contributed by atoms with E-state index in [0.29, 0.717) is 13.2 Å². The molecule has 0 saturated heterocycles. The lowest BCUT2D eigenvalue weighted by Gasteiger charge is -2.16. The van der Waals surface area contributed by atoms with Gasteiger partial charge in [0.2, 0.25) is 0 Å². The van der Waals surface area contributed by atoms with E-state index >= 15 is 0 Å². The Morgan fingerprint density at radius 3 is 2.50 bits per heavy atom. The minimum Gasteiger partial charge on any atom is -0.493 e. The van der Waals surface area contributed by atoms with Crippen molar-refractivity contribution in [2.45, 2.75) is 13.2 Å². The average molecular weight is 530 g/mol. The van der Waals surface area contributed by atoms with Crippen LogP contribution < -0.4 is 14.8 Å². The van der Waals surface area contributed by atoms with Gasteiger partial charge in [-0.05, 0) is 80.9 Å². The van der Waals surface area contributed by atoms with E-state index in [0.717, 1.165) is 36.9 Å². The molecule has 0 aliphatic rings. The van der Waals surface area contributed by atoms with Gasteiger partial charge in [-0.2, -0.15) is 0 Å². The normalized spacial score (nSPS) is 10.8. The quantitative estimate of drug-likeness (QED) is 0.255. The van der Waals surface area contributed by atoms with Crippen molar-refractivity contribution in [1.82, 2.24) is 0 Å². The number of hydrogen-bond acceptors (Lipinski definition) is 3. The molecule has 152 valence electrons. The van der Waals surface area contributed by atoms with Gasteiger partial charge in [-0.25, -0.2) is 0 Å². The molecule has 1 N–H and O–H groups in total. The summed E-state index contributed by atoms with van der Waals surface area (Å²) in [5.74, 6) is 1.50. The third-order valence-corrected chi connectivity index (χ3v) is 5.94. The van der Waals surface area contributed by atoms with Crippen LogP contribution in [0.2, 0.25) is 5.02 Å². The molecule has 0 aliphatic carbocycles. The molecular weight excluding hydrogens is 509 g/mol. The van der Waals surface area contributed by atoms with Crippen LogP contribution in [-0.2, 0) is 13.2 Å². The van der Waals surface area contributed by atoms with Gasteiger partial charge in [0.05, 0.1) is 10.7 Å². The summed E-state index contributed by atoms with van der Waals surface area (Å²) in [7, 11) is 1.67. The van der Waals surface area contributed by atoms with E-state index in [1.807, 2.05) is 30.3 Å². The maximum absolute atomic E-state index is 6.22. The maximum Gasteiger partial charge on any atom is 0.174 e. The Kier molecular flexibility index (Phi) is 6.65. The summed E-state index contributed by atoms with van der Waals surface area (Å²) in [6, 6.07) is 26.4. The van der Waals surface area contributed by atoms with Crippen molar-refractivity contribution in [3.63, 3.8) is 0 Å². The van der Waals surface area contributed by atoms with Crippen LogP contribution in [0, 0.1) is 3.57 Å². The van der Waals surface area contributed by atoms with Gasteiger partial charge in [0.25, 0.3) is 0 Å². The van der Waals surface area contributed by atoms with Gasteiger partial charge in [0.15, 0.2) is 11.5 Å². The van der Waals surface area contributed by atoms with E-state index in [1.54, 1.807) is 7.11 Å². The highest BCUT2D eigenvalue weighted by atomic mass is 127. The first-order valence-electron chi connectivity index (χ1n) is 9.59. The summed E-state index contributed by atoms with van der Waals surface area (Å²) in [4.78, 5) is 0. The van der Waals surface area contributed by atoms with Crippen molar-refractivity contribution in [1.29, 1.82) is 0 Å². The maximum atomic E-state index is 6.22. The molecule has 5 heteroatoms. The lowest BCUT2D eigenvalue weighted by Crippen LogP contribution is -2.04. The Bertz CT molecular complexity index is 1160. The summed E-state index contributed by atoms with van der Waals surface area (Å²) in [5, 5.41) is 6.55. The number of ether oxygens (including phenoxy) is 2. The molecule has 0 amide bonds. The summed E-state index contributed by atoms with van der Waals surface area (Å²) in [6.45, 7) is 1.16. The molecule has 3 nitrogen and oxygen atoms in total.